The van der Waals surface area contributed by atoms with Crippen LogP contribution < -0.4 is 15.5 Å². The summed E-state index contributed by atoms with van der Waals surface area (Å²) in [4.78, 5) is 38.6. The number of rotatable bonds is 4. The molecule has 7 heteroatoms. The maximum absolute atomic E-state index is 12.6. The van der Waals surface area contributed by atoms with E-state index >= 15 is 0 Å². The molecule has 3 rings (SSSR count). The van der Waals surface area contributed by atoms with Crippen LogP contribution in [0.2, 0.25) is 5.02 Å². The standard InChI is InChI=1S/C19H18ClN3O3/c1-12-19(26)23(16-5-3-2-4-15(16)18(25)22-12)11-17(24)21-10-13-6-8-14(20)9-7-13/h2-9,12H,10-11H2,1H3,(H,21,24)(H,22,25)/t12-/m1/s1. The summed E-state index contributed by atoms with van der Waals surface area (Å²) in [6.45, 7) is 1.76. The topological polar surface area (TPSA) is 78.5 Å². The second kappa shape index (κ2) is 7.58. The molecule has 0 saturated carbocycles. The van der Waals surface area contributed by atoms with E-state index in [2.05, 4.69) is 10.6 Å². The zero-order valence-electron chi connectivity index (χ0n) is 14.2. The molecule has 0 aliphatic carbocycles. The molecule has 0 aromatic heterocycles. The molecule has 0 spiro atoms. The van der Waals surface area contributed by atoms with Gasteiger partial charge in [0.25, 0.3) is 5.91 Å². The van der Waals surface area contributed by atoms with E-state index in [1.165, 1.54) is 4.90 Å². The Morgan fingerprint density at radius 1 is 1.15 bits per heavy atom. The first-order valence-corrected chi connectivity index (χ1v) is 8.56. The highest BCUT2D eigenvalue weighted by atomic mass is 35.5. The Kier molecular flexibility index (Phi) is 5.23. The van der Waals surface area contributed by atoms with Crippen LogP contribution in [0.15, 0.2) is 48.5 Å². The minimum absolute atomic E-state index is 0.164. The summed E-state index contributed by atoms with van der Waals surface area (Å²) in [5.41, 5.74) is 1.70. The molecule has 2 N–H and O–H groups in total. The fraction of sp³-hybridized carbons (Fsp3) is 0.211. The van der Waals surface area contributed by atoms with E-state index in [1.807, 2.05) is 12.1 Å². The van der Waals surface area contributed by atoms with Crippen molar-refractivity contribution in [3.8, 4) is 0 Å². The third kappa shape index (κ3) is 3.86. The van der Waals surface area contributed by atoms with Gasteiger partial charge in [-0.1, -0.05) is 35.9 Å². The highest BCUT2D eigenvalue weighted by molar-refractivity contribution is 6.30. The fourth-order valence-corrected chi connectivity index (χ4v) is 2.88. The van der Waals surface area contributed by atoms with Gasteiger partial charge in [-0.15, -0.1) is 0 Å². The van der Waals surface area contributed by atoms with E-state index in [0.717, 1.165) is 5.56 Å². The molecule has 2 aromatic carbocycles. The lowest BCUT2D eigenvalue weighted by Gasteiger charge is -2.23. The molecule has 1 aliphatic heterocycles. The van der Waals surface area contributed by atoms with Crippen LogP contribution in [0.3, 0.4) is 0 Å². The highest BCUT2D eigenvalue weighted by Crippen LogP contribution is 2.23. The quantitative estimate of drug-likeness (QED) is 0.864. The van der Waals surface area contributed by atoms with Crippen LogP contribution in [0.5, 0.6) is 0 Å². The molecule has 0 bridgehead atoms. The van der Waals surface area contributed by atoms with Crippen molar-refractivity contribution < 1.29 is 14.4 Å². The highest BCUT2D eigenvalue weighted by Gasteiger charge is 2.32. The summed E-state index contributed by atoms with van der Waals surface area (Å²) in [6, 6.07) is 13.2. The normalized spacial score (nSPS) is 16.5. The molecule has 0 unspecified atom stereocenters. The van der Waals surface area contributed by atoms with Gasteiger partial charge in [0.15, 0.2) is 0 Å². The van der Waals surface area contributed by atoms with Gasteiger partial charge in [-0.3, -0.25) is 14.4 Å². The zero-order valence-corrected chi connectivity index (χ0v) is 14.9. The zero-order chi connectivity index (χ0) is 18.7. The maximum Gasteiger partial charge on any atom is 0.254 e. The molecule has 0 radical (unpaired) electrons. The number of carbonyl (C=O) groups excluding carboxylic acids is 3. The van der Waals surface area contributed by atoms with E-state index in [4.69, 9.17) is 11.6 Å². The molecular formula is C19H18ClN3O3. The molecule has 134 valence electrons. The number of benzene rings is 2. The Morgan fingerprint density at radius 2 is 1.85 bits per heavy atom. The van der Waals surface area contributed by atoms with Crippen LogP contribution in [0.25, 0.3) is 0 Å². The molecule has 1 heterocycles. The molecule has 0 fully saturated rings. The Labute approximate surface area is 156 Å². The van der Waals surface area contributed by atoms with Gasteiger partial charge >= 0.3 is 0 Å². The van der Waals surface area contributed by atoms with Crippen LogP contribution in [0, 0.1) is 0 Å². The van der Waals surface area contributed by atoms with Crippen LogP contribution in [-0.4, -0.2) is 30.3 Å². The number of carbonyl (C=O) groups is 3. The molecule has 1 atom stereocenters. The van der Waals surface area contributed by atoms with E-state index in [0.29, 0.717) is 22.8 Å². The lowest BCUT2D eigenvalue weighted by molar-refractivity contribution is -0.124. The SMILES string of the molecule is C[C@H]1NC(=O)c2ccccc2N(CC(=O)NCc2ccc(Cl)cc2)C1=O. The van der Waals surface area contributed by atoms with Gasteiger partial charge in [0.2, 0.25) is 11.8 Å². The third-order valence-corrected chi connectivity index (χ3v) is 4.38. The largest absolute Gasteiger partial charge is 0.350 e. The number of anilines is 1. The van der Waals surface area contributed by atoms with Crippen molar-refractivity contribution in [2.24, 2.45) is 0 Å². The number of fused-ring (bicyclic) bond motifs is 1. The van der Waals surface area contributed by atoms with Gasteiger partial charge in [-0.25, -0.2) is 0 Å². The Bertz CT molecular complexity index is 851. The van der Waals surface area contributed by atoms with E-state index in [9.17, 15) is 14.4 Å². The molecule has 3 amide bonds. The predicted octanol–water partition coefficient (Wildman–Crippen LogP) is 2.12. The summed E-state index contributed by atoms with van der Waals surface area (Å²) < 4.78 is 0. The average molecular weight is 372 g/mol. The Morgan fingerprint density at radius 3 is 2.58 bits per heavy atom. The lowest BCUT2D eigenvalue weighted by atomic mass is 10.1. The predicted molar refractivity (Wildman–Crippen MR) is 99.0 cm³/mol. The van der Waals surface area contributed by atoms with Crippen LogP contribution in [0.4, 0.5) is 5.69 Å². The van der Waals surface area contributed by atoms with Crippen molar-refractivity contribution in [1.82, 2.24) is 10.6 Å². The fourth-order valence-electron chi connectivity index (χ4n) is 2.76. The van der Waals surface area contributed by atoms with E-state index in [1.54, 1.807) is 43.3 Å². The van der Waals surface area contributed by atoms with Crippen molar-refractivity contribution in [3.63, 3.8) is 0 Å². The summed E-state index contributed by atoms with van der Waals surface area (Å²) in [5, 5.41) is 6.05. The molecule has 1 aliphatic rings. The van der Waals surface area contributed by atoms with Crippen molar-refractivity contribution in [3.05, 3.63) is 64.7 Å². The number of halogens is 1. The minimum Gasteiger partial charge on any atom is -0.350 e. The average Bonchev–Trinajstić information content (AvgIpc) is 2.72. The Balaban J connectivity index is 1.75. The lowest BCUT2D eigenvalue weighted by Crippen LogP contribution is -2.47. The summed E-state index contributed by atoms with van der Waals surface area (Å²) in [7, 11) is 0. The van der Waals surface area contributed by atoms with Crippen molar-refractivity contribution in [1.29, 1.82) is 0 Å². The number of hydrogen-bond acceptors (Lipinski definition) is 3. The Hall–Kier alpha value is -2.86. The van der Waals surface area contributed by atoms with Crippen LogP contribution in [0.1, 0.15) is 22.8 Å². The first-order valence-electron chi connectivity index (χ1n) is 8.18. The van der Waals surface area contributed by atoms with Gasteiger partial charge in [0.1, 0.15) is 12.6 Å². The van der Waals surface area contributed by atoms with Crippen molar-refractivity contribution in [2.75, 3.05) is 11.4 Å². The maximum atomic E-state index is 12.6. The molecule has 6 nitrogen and oxygen atoms in total. The van der Waals surface area contributed by atoms with Crippen molar-refractivity contribution in [2.45, 2.75) is 19.5 Å². The third-order valence-electron chi connectivity index (χ3n) is 4.13. The van der Waals surface area contributed by atoms with E-state index in [-0.39, 0.29) is 24.3 Å². The number of hydrogen-bond donors (Lipinski definition) is 2. The first kappa shape index (κ1) is 17.9. The summed E-state index contributed by atoms with van der Waals surface area (Å²) in [6.07, 6.45) is 0. The van der Waals surface area contributed by atoms with Crippen molar-refractivity contribution >= 4 is 35.0 Å². The number of para-hydroxylation sites is 1. The van der Waals surface area contributed by atoms with E-state index < -0.39 is 6.04 Å². The molecular weight excluding hydrogens is 354 g/mol. The summed E-state index contributed by atoms with van der Waals surface area (Å²) >= 11 is 5.84. The van der Waals surface area contributed by atoms with Gasteiger partial charge in [-0.2, -0.15) is 0 Å². The minimum atomic E-state index is -0.709. The monoisotopic (exact) mass is 371 g/mol. The number of nitrogens with one attached hydrogen (secondary N) is 2. The van der Waals surface area contributed by atoms with Crippen LogP contribution >= 0.6 is 11.6 Å². The smallest absolute Gasteiger partial charge is 0.254 e. The van der Waals surface area contributed by atoms with Crippen LogP contribution in [-0.2, 0) is 16.1 Å². The van der Waals surface area contributed by atoms with Gasteiger partial charge in [0, 0.05) is 11.6 Å². The number of nitrogens with zero attached hydrogens (tertiary/aromatic N) is 1. The summed E-state index contributed by atoms with van der Waals surface area (Å²) in [5.74, 6) is -0.972. The molecule has 2 aromatic rings. The second-order valence-corrected chi connectivity index (χ2v) is 6.48. The van der Waals surface area contributed by atoms with Gasteiger partial charge in [-0.05, 0) is 36.8 Å². The molecule has 26 heavy (non-hydrogen) atoms. The molecule has 0 saturated heterocycles. The van der Waals surface area contributed by atoms with Gasteiger partial charge < -0.3 is 15.5 Å². The second-order valence-electron chi connectivity index (χ2n) is 6.04. The number of amides is 3. The first-order chi connectivity index (χ1) is 12.5. The van der Waals surface area contributed by atoms with Gasteiger partial charge in [0.05, 0.1) is 11.3 Å².